The number of fused-ring (bicyclic) bond motifs is 5. The number of nitrogens with zero attached hydrogens (tertiary/aromatic N) is 3. The fourth-order valence-electron chi connectivity index (χ4n) is 3.70. The van der Waals surface area contributed by atoms with E-state index in [2.05, 4.69) is 15.3 Å². The Morgan fingerprint density at radius 1 is 1.41 bits per heavy atom. The molecule has 0 bridgehead atoms. The van der Waals surface area contributed by atoms with Crippen molar-refractivity contribution in [1.82, 2.24) is 20.0 Å². The van der Waals surface area contributed by atoms with Crippen LogP contribution in [-0.2, 0) is 26.4 Å². The van der Waals surface area contributed by atoms with Crippen LogP contribution in [0.15, 0.2) is 18.3 Å². The number of ether oxygens (including phenoxy) is 3. The molecular weight excluding hydrogens is 288 g/mol. The Hall–Kier alpha value is -1.74. The number of hydrogen-bond donors (Lipinski definition) is 2. The molecule has 8 nitrogen and oxygen atoms in total. The zero-order chi connectivity index (χ0) is 15.1. The number of aromatic nitrogens is 4. The van der Waals surface area contributed by atoms with E-state index < -0.39 is 29.9 Å². The van der Waals surface area contributed by atoms with Crippen molar-refractivity contribution in [3.05, 3.63) is 24.0 Å². The van der Waals surface area contributed by atoms with E-state index in [-0.39, 0.29) is 0 Å². The fourth-order valence-corrected chi connectivity index (χ4v) is 3.70. The van der Waals surface area contributed by atoms with Crippen LogP contribution in [0, 0.1) is 0 Å². The van der Waals surface area contributed by atoms with Crippen molar-refractivity contribution in [2.45, 2.75) is 50.3 Å². The van der Waals surface area contributed by atoms with Gasteiger partial charge in [-0.25, -0.2) is 4.68 Å². The van der Waals surface area contributed by atoms with Gasteiger partial charge in [0.25, 0.3) is 0 Å². The highest BCUT2D eigenvalue weighted by molar-refractivity contribution is 5.60. The molecule has 8 heteroatoms. The first-order valence-corrected chi connectivity index (χ1v) is 7.30. The normalized spacial score (nSPS) is 38.0. The van der Waals surface area contributed by atoms with E-state index in [0.29, 0.717) is 17.9 Å². The molecule has 2 fully saturated rings. The van der Waals surface area contributed by atoms with Crippen LogP contribution in [0.25, 0.3) is 11.4 Å². The first-order valence-electron chi connectivity index (χ1n) is 7.30. The lowest BCUT2D eigenvalue weighted by molar-refractivity contribution is -0.228. The molecule has 2 aromatic heterocycles. The Bertz CT molecular complexity index is 740. The van der Waals surface area contributed by atoms with Crippen LogP contribution >= 0.6 is 0 Å². The second-order valence-corrected chi connectivity index (χ2v) is 6.43. The van der Waals surface area contributed by atoms with E-state index >= 15 is 0 Å². The maximum absolute atomic E-state index is 11.4. The van der Waals surface area contributed by atoms with Gasteiger partial charge in [0.15, 0.2) is 17.7 Å². The number of H-pyrrole nitrogens is 1. The zero-order valence-electron chi connectivity index (χ0n) is 12.2. The summed E-state index contributed by atoms with van der Waals surface area (Å²) in [5.41, 5.74) is 0.723. The first-order chi connectivity index (χ1) is 10.5. The minimum Gasteiger partial charge on any atom is -0.378 e. The molecule has 3 aliphatic rings. The van der Waals surface area contributed by atoms with Gasteiger partial charge in [-0.2, -0.15) is 0 Å². The van der Waals surface area contributed by atoms with Crippen LogP contribution in [0.1, 0.15) is 19.5 Å². The van der Waals surface area contributed by atoms with Crippen molar-refractivity contribution in [3.63, 3.8) is 0 Å². The lowest BCUT2D eigenvalue weighted by Gasteiger charge is -2.28. The second kappa shape index (κ2) is 3.77. The van der Waals surface area contributed by atoms with E-state index in [1.165, 1.54) is 0 Å². The summed E-state index contributed by atoms with van der Waals surface area (Å²) in [4.78, 5) is 3.10. The third-order valence-corrected chi connectivity index (χ3v) is 4.59. The molecule has 0 aliphatic carbocycles. The van der Waals surface area contributed by atoms with E-state index in [1.807, 2.05) is 32.2 Å². The maximum atomic E-state index is 11.4. The molecule has 4 unspecified atom stereocenters. The summed E-state index contributed by atoms with van der Waals surface area (Å²) < 4.78 is 19.2. The van der Waals surface area contributed by atoms with Crippen LogP contribution < -0.4 is 0 Å². The quantitative estimate of drug-likeness (QED) is 0.789. The van der Waals surface area contributed by atoms with Crippen LogP contribution in [0.2, 0.25) is 0 Å². The predicted molar refractivity (Wildman–Crippen MR) is 72.4 cm³/mol. The van der Waals surface area contributed by atoms with Gasteiger partial charge < -0.3 is 24.3 Å². The Labute approximate surface area is 126 Å². The molecule has 2 aromatic rings. The molecule has 0 aromatic carbocycles. The molecule has 5 heterocycles. The van der Waals surface area contributed by atoms with E-state index in [0.717, 1.165) is 5.69 Å². The molecular formula is C14H16N4O4. The average molecular weight is 304 g/mol. The zero-order valence-corrected chi connectivity index (χ0v) is 12.2. The van der Waals surface area contributed by atoms with Crippen LogP contribution in [0.4, 0.5) is 0 Å². The average Bonchev–Trinajstić information content (AvgIpc) is 3.18. The smallest absolute Gasteiger partial charge is 0.191 e. The fraction of sp³-hybridized carbons (Fsp3) is 0.571. The molecule has 22 heavy (non-hydrogen) atoms. The van der Waals surface area contributed by atoms with Gasteiger partial charge in [0.2, 0.25) is 0 Å². The van der Waals surface area contributed by atoms with Crippen molar-refractivity contribution in [1.29, 1.82) is 0 Å². The van der Waals surface area contributed by atoms with Crippen molar-refractivity contribution in [2.75, 3.05) is 0 Å². The van der Waals surface area contributed by atoms with E-state index in [4.69, 9.17) is 14.2 Å². The van der Waals surface area contributed by atoms with Gasteiger partial charge in [-0.3, -0.25) is 0 Å². The summed E-state index contributed by atoms with van der Waals surface area (Å²) in [7, 11) is 0. The van der Waals surface area contributed by atoms with Crippen molar-refractivity contribution >= 4 is 0 Å². The number of hydrogen-bond acceptors (Lipinski definition) is 6. The summed E-state index contributed by atoms with van der Waals surface area (Å²) >= 11 is 0. The van der Waals surface area contributed by atoms with Crippen LogP contribution in [0.5, 0.6) is 0 Å². The number of aliphatic hydroxyl groups is 1. The lowest BCUT2D eigenvalue weighted by atomic mass is 9.90. The molecule has 4 atom stereocenters. The third-order valence-electron chi connectivity index (χ3n) is 4.59. The first kappa shape index (κ1) is 12.8. The summed E-state index contributed by atoms with van der Waals surface area (Å²) in [6.45, 7) is 4.05. The summed E-state index contributed by atoms with van der Waals surface area (Å²) in [5.74, 6) is -0.788. The second-order valence-electron chi connectivity index (χ2n) is 6.43. The number of rotatable bonds is 1. The lowest BCUT2D eigenvalue weighted by Crippen LogP contribution is -2.44. The molecule has 5 rings (SSSR count). The van der Waals surface area contributed by atoms with Crippen LogP contribution in [0.3, 0.4) is 0 Å². The van der Waals surface area contributed by atoms with Gasteiger partial charge in [-0.05, 0) is 26.0 Å². The summed E-state index contributed by atoms with van der Waals surface area (Å²) in [6.07, 6.45) is 0.188. The van der Waals surface area contributed by atoms with Crippen molar-refractivity contribution in [3.8, 4) is 11.4 Å². The standard InChI is InChI=1S/C14H16N4O4/c1-13(2)21-11-12(22-13)20-8-6-18-10(14(8,11)19)9(16-17-18)7-4-3-5-15-7/h3-5,8,11-12,15,19H,6H2,1-2H3. The summed E-state index contributed by atoms with van der Waals surface area (Å²) in [6, 6.07) is 3.77. The third kappa shape index (κ3) is 1.40. The van der Waals surface area contributed by atoms with E-state index in [9.17, 15) is 5.11 Å². The Kier molecular flexibility index (Phi) is 2.19. The van der Waals surface area contributed by atoms with E-state index in [1.54, 1.807) is 4.68 Å². The SMILES string of the molecule is CC1(C)OC2OC3Cn4nnc(-c5ccc[nH]5)c4C3(O)C2O1. The number of nitrogens with one attached hydrogen (secondary N) is 1. The van der Waals surface area contributed by atoms with Crippen LogP contribution in [-0.4, -0.2) is 49.4 Å². The molecule has 0 saturated carbocycles. The summed E-state index contributed by atoms with van der Waals surface area (Å²) in [5, 5.41) is 19.8. The molecule has 2 saturated heterocycles. The maximum Gasteiger partial charge on any atom is 0.191 e. The number of aromatic amines is 1. The molecule has 0 spiro atoms. The largest absolute Gasteiger partial charge is 0.378 e. The van der Waals surface area contributed by atoms with Gasteiger partial charge >= 0.3 is 0 Å². The van der Waals surface area contributed by atoms with Gasteiger partial charge in [-0.15, -0.1) is 5.10 Å². The molecule has 0 amide bonds. The molecule has 0 radical (unpaired) electrons. The van der Waals surface area contributed by atoms with Crippen molar-refractivity contribution in [2.24, 2.45) is 0 Å². The molecule has 2 N–H and O–H groups in total. The minimum absolute atomic E-state index is 0.430. The molecule has 116 valence electrons. The van der Waals surface area contributed by atoms with Gasteiger partial charge in [-0.1, -0.05) is 5.21 Å². The Morgan fingerprint density at radius 3 is 3.05 bits per heavy atom. The monoisotopic (exact) mass is 304 g/mol. The van der Waals surface area contributed by atoms with Gasteiger partial charge in [0, 0.05) is 6.20 Å². The highest BCUT2D eigenvalue weighted by Crippen LogP contribution is 2.52. The van der Waals surface area contributed by atoms with Crippen molar-refractivity contribution < 1.29 is 19.3 Å². The Morgan fingerprint density at radius 2 is 2.27 bits per heavy atom. The van der Waals surface area contributed by atoms with Gasteiger partial charge in [0.1, 0.15) is 23.6 Å². The molecule has 3 aliphatic heterocycles. The highest BCUT2D eigenvalue weighted by Gasteiger charge is 2.68. The van der Waals surface area contributed by atoms with Gasteiger partial charge in [0.05, 0.1) is 12.2 Å². The minimum atomic E-state index is -1.32. The highest BCUT2D eigenvalue weighted by atomic mass is 16.8. The topological polar surface area (TPSA) is 94.4 Å². The predicted octanol–water partition coefficient (Wildman–Crippen LogP) is 0.351. The Balaban J connectivity index is 1.66.